The van der Waals surface area contributed by atoms with E-state index in [0.717, 1.165) is 5.69 Å². The van der Waals surface area contributed by atoms with Gasteiger partial charge >= 0.3 is 0 Å². The van der Waals surface area contributed by atoms with Crippen LogP contribution in [0.4, 0.5) is 5.69 Å². The molecule has 0 saturated carbocycles. The van der Waals surface area contributed by atoms with Gasteiger partial charge in [-0.05, 0) is 45.3 Å². The highest BCUT2D eigenvalue weighted by molar-refractivity contribution is 5.90. The van der Waals surface area contributed by atoms with Crippen molar-refractivity contribution in [3.05, 3.63) is 35.4 Å². The van der Waals surface area contributed by atoms with Gasteiger partial charge in [0.25, 0.3) is 5.91 Å². The lowest BCUT2D eigenvalue weighted by Crippen LogP contribution is -2.57. The largest absolute Gasteiger partial charge is 0.350 e. The first-order valence-electron chi connectivity index (χ1n) is 7.42. The van der Waals surface area contributed by atoms with E-state index in [-0.39, 0.29) is 17.5 Å². The van der Waals surface area contributed by atoms with E-state index in [1.807, 2.05) is 6.92 Å². The Balaban J connectivity index is 2.67. The van der Waals surface area contributed by atoms with Crippen LogP contribution < -0.4 is 16.2 Å². The van der Waals surface area contributed by atoms with Crippen molar-refractivity contribution in [2.75, 3.05) is 4.90 Å². The molecular weight excluding hydrogens is 262 g/mol. The predicted molar refractivity (Wildman–Crippen MR) is 87.8 cm³/mol. The summed E-state index contributed by atoms with van der Waals surface area (Å²) in [6.07, 6.45) is 2.92. The lowest BCUT2D eigenvalue weighted by molar-refractivity contribution is -0.122. The molecule has 4 nitrogen and oxygen atoms in total. The van der Waals surface area contributed by atoms with Gasteiger partial charge in [-0.15, -0.1) is 0 Å². The van der Waals surface area contributed by atoms with Gasteiger partial charge < -0.3 is 4.90 Å². The number of hydrazine groups is 1. The molecule has 2 rings (SSSR count). The van der Waals surface area contributed by atoms with E-state index in [2.05, 4.69) is 62.3 Å². The molecule has 1 aliphatic heterocycles. The van der Waals surface area contributed by atoms with Crippen molar-refractivity contribution in [1.29, 1.82) is 0 Å². The third-order valence-corrected chi connectivity index (χ3v) is 4.24. The molecule has 114 valence electrons. The molecule has 0 aromatic heterocycles. The smallest absolute Gasteiger partial charge is 0.256 e. The van der Waals surface area contributed by atoms with E-state index in [4.69, 9.17) is 5.84 Å². The number of nitrogens with zero attached hydrogens (tertiary/aromatic N) is 1. The van der Waals surface area contributed by atoms with Crippen LogP contribution in [0.5, 0.6) is 0 Å². The molecule has 0 spiro atoms. The van der Waals surface area contributed by atoms with Crippen LogP contribution in [0.15, 0.2) is 24.3 Å². The second-order valence-corrected chi connectivity index (χ2v) is 6.25. The SMILES string of the molecule is CCC(C(=O)NN)N1c2c(C)cccc2C(C)=CC1(C)C. The molecule has 0 aliphatic carbocycles. The maximum Gasteiger partial charge on any atom is 0.256 e. The molecule has 1 aliphatic rings. The highest BCUT2D eigenvalue weighted by Gasteiger charge is 2.38. The first-order valence-corrected chi connectivity index (χ1v) is 7.42. The predicted octanol–water partition coefficient (Wildman–Crippen LogP) is 2.77. The zero-order chi connectivity index (χ0) is 15.8. The van der Waals surface area contributed by atoms with Crippen molar-refractivity contribution in [2.45, 2.75) is 52.6 Å². The van der Waals surface area contributed by atoms with Crippen molar-refractivity contribution < 1.29 is 4.79 Å². The molecule has 1 aromatic carbocycles. The number of anilines is 1. The second-order valence-electron chi connectivity index (χ2n) is 6.25. The van der Waals surface area contributed by atoms with Gasteiger partial charge in [-0.25, -0.2) is 5.84 Å². The van der Waals surface area contributed by atoms with Crippen LogP contribution in [-0.2, 0) is 4.79 Å². The van der Waals surface area contributed by atoms with Gasteiger partial charge in [-0.2, -0.15) is 0 Å². The third-order valence-electron chi connectivity index (χ3n) is 4.24. The summed E-state index contributed by atoms with van der Waals surface area (Å²) in [6, 6.07) is 5.98. The molecule has 0 radical (unpaired) electrons. The van der Waals surface area contributed by atoms with Gasteiger partial charge in [-0.3, -0.25) is 10.2 Å². The molecule has 1 unspecified atom stereocenters. The van der Waals surface area contributed by atoms with Crippen LogP contribution in [0.25, 0.3) is 5.57 Å². The summed E-state index contributed by atoms with van der Waals surface area (Å²) < 4.78 is 0. The Hall–Kier alpha value is -1.81. The number of nitrogens with two attached hydrogens (primary N) is 1. The molecule has 1 aromatic rings. The van der Waals surface area contributed by atoms with E-state index in [1.165, 1.54) is 16.7 Å². The normalized spacial score (nSPS) is 17.8. The Morgan fingerprint density at radius 2 is 2.05 bits per heavy atom. The number of allylic oxidation sites excluding steroid dienone is 1. The van der Waals surface area contributed by atoms with Gasteiger partial charge in [-0.1, -0.05) is 31.2 Å². The van der Waals surface area contributed by atoms with Crippen molar-refractivity contribution in [1.82, 2.24) is 5.43 Å². The number of hydrogen-bond donors (Lipinski definition) is 2. The maximum absolute atomic E-state index is 12.2. The highest BCUT2D eigenvalue weighted by Crippen LogP contribution is 2.42. The Bertz CT molecular complexity index is 590. The van der Waals surface area contributed by atoms with E-state index in [0.29, 0.717) is 6.42 Å². The van der Waals surface area contributed by atoms with Gasteiger partial charge in [0, 0.05) is 11.3 Å². The van der Waals surface area contributed by atoms with Crippen LogP contribution in [0.1, 0.15) is 45.2 Å². The Morgan fingerprint density at radius 1 is 1.38 bits per heavy atom. The second kappa shape index (κ2) is 5.53. The number of rotatable bonds is 3. The number of fused-ring (bicyclic) bond motifs is 1. The molecule has 1 amide bonds. The average Bonchev–Trinajstić information content (AvgIpc) is 2.42. The zero-order valence-corrected chi connectivity index (χ0v) is 13.5. The van der Waals surface area contributed by atoms with Crippen molar-refractivity contribution >= 4 is 17.2 Å². The van der Waals surface area contributed by atoms with Crippen molar-refractivity contribution in [3.8, 4) is 0 Å². The van der Waals surface area contributed by atoms with Crippen LogP contribution in [0.2, 0.25) is 0 Å². The van der Waals surface area contributed by atoms with Gasteiger partial charge in [0.15, 0.2) is 0 Å². The Labute approximate surface area is 127 Å². The fourth-order valence-corrected chi connectivity index (χ4v) is 3.40. The molecule has 0 saturated heterocycles. The minimum absolute atomic E-state index is 0.146. The summed E-state index contributed by atoms with van der Waals surface area (Å²) in [5.41, 5.74) is 6.83. The fraction of sp³-hybridized carbons (Fsp3) is 0.471. The summed E-state index contributed by atoms with van der Waals surface area (Å²) in [7, 11) is 0. The first-order chi connectivity index (χ1) is 9.83. The molecule has 0 fully saturated rings. The number of para-hydroxylation sites is 1. The molecule has 4 heteroatoms. The number of benzene rings is 1. The number of hydrogen-bond acceptors (Lipinski definition) is 3. The first kappa shape index (κ1) is 15.6. The fourth-order valence-electron chi connectivity index (χ4n) is 3.40. The van der Waals surface area contributed by atoms with E-state index < -0.39 is 0 Å². The lowest BCUT2D eigenvalue weighted by Gasteiger charge is -2.47. The van der Waals surface area contributed by atoms with E-state index in [1.54, 1.807) is 0 Å². The summed E-state index contributed by atoms with van der Waals surface area (Å²) in [5, 5.41) is 0. The molecule has 1 atom stereocenters. The molecule has 0 bridgehead atoms. The molecule has 1 heterocycles. The minimum atomic E-state index is -0.283. The summed E-state index contributed by atoms with van der Waals surface area (Å²) in [6.45, 7) is 10.5. The number of carbonyl (C=O) groups excluding carboxylic acids is 1. The van der Waals surface area contributed by atoms with E-state index in [9.17, 15) is 4.79 Å². The Morgan fingerprint density at radius 3 is 2.62 bits per heavy atom. The lowest BCUT2D eigenvalue weighted by atomic mass is 9.85. The standard InChI is InChI=1S/C17H25N3O/c1-6-14(16(21)19-18)20-15-11(2)8-7-9-13(15)12(3)10-17(20,4)5/h7-10,14H,6,18H2,1-5H3,(H,19,21). The molecule has 21 heavy (non-hydrogen) atoms. The quantitative estimate of drug-likeness (QED) is 0.510. The van der Waals surface area contributed by atoms with Crippen molar-refractivity contribution in [2.24, 2.45) is 5.84 Å². The molecule has 3 N–H and O–H groups in total. The number of aryl methyl sites for hydroxylation is 1. The van der Waals surface area contributed by atoms with E-state index >= 15 is 0 Å². The summed E-state index contributed by atoms with van der Waals surface area (Å²) in [4.78, 5) is 14.4. The third kappa shape index (κ3) is 2.56. The average molecular weight is 287 g/mol. The van der Waals surface area contributed by atoms with Gasteiger partial charge in [0.1, 0.15) is 6.04 Å². The summed E-state index contributed by atoms with van der Waals surface area (Å²) in [5.74, 6) is 5.24. The zero-order valence-electron chi connectivity index (χ0n) is 13.5. The number of carbonyl (C=O) groups is 1. The monoisotopic (exact) mass is 287 g/mol. The Kier molecular flexibility index (Phi) is 4.10. The van der Waals surface area contributed by atoms with Gasteiger partial charge in [0.2, 0.25) is 0 Å². The van der Waals surface area contributed by atoms with Crippen LogP contribution in [-0.4, -0.2) is 17.5 Å². The summed E-state index contributed by atoms with van der Waals surface area (Å²) >= 11 is 0. The van der Waals surface area contributed by atoms with Crippen LogP contribution in [0.3, 0.4) is 0 Å². The van der Waals surface area contributed by atoms with Crippen LogP contribution >= 0.6 is 0 Å². The van der Waals surface area contributed by atoms with Crippen LogP contribution in [0, 0.1) is 6.92 Å². The van der Waals surface area contributed by atoms with Gasteiger partial charge in [0.05, 0.1) is 5.54 Å². The number of nitrogens with one attached hydrogen (secondary N) is 1. The highest BCUT2D eigenvalue weighted by atomic mass is 16.2. The van der Waals surface area contributed by atoms with Crippen molar-refractivity contribution in [3.63, 3.8) is 0 Å². The minimum Gasteiger partial charge on any atom is -0.350 e. The molecular formula is C17H25N3O. The maximum atomic E-state index is 12.2. The number of amides is 1. The topological polar surface area (TPSA) is 58.4 Å².